The molecular weight excluding hydrogens is 314 g/mol. The molecule has 0 radical (unpaired) electrons. The maximum absolute atomic E-state index is 12.6. The number of rotatable bonds is 2. The van der Waals surface area contributed by atoms with Gasteiger partial charge in [-0.3, -0.25) is 14.2 Å². The zero-order valence-corrected chi connectivity index (χ0v) is 14.6. The fourth-order valence-electron chi connectivity index (χ4n) is 3.01. The van der Waals surface area contributed by atoms with Gasteiger partial charge in [0.15, 0.2) is 0 Å². The fraction of sp³-hybridized carbons (Fsp3) is 0.562. The number of thiophene rings is 1. The van der Waals surface area contributed by atoms with Crippen LogP contribution in [0, 0.1) is 13.8 Å². The van der Waals surface area contributed by atoms with Crippen molar-refractivity contribution in [1.82, 2.24) is 14.5 Å². The van der Waals surface area contributed by atoms with Gasteiger partial charge in [-0.25, -0.2) is 4.98 Å². The lowest BCUT2D eigenvalue weighted by Gasteiger charge is -2.35. The quantitative estimate of drug-likeness (QED) is 0.838. The second kappa shape index (κ2) is 6.05. The first-order valence-electron chi connectivity index (χ1n) is 7.75. The predicted octanol–water partition coefficient (Wildman–Crippen LogP) is 1.71. The van der Waals surface area contributed by atoms with Crippen LogP contribution in [0.15, 0.2) is 11.1 Å². The summed E-state index contributed by atoms with van der Waals surface area (Å²) in [5, 5.41) is 0.631. The minimum Gasteiger partial charge on any atom is -0.372 e. The van der Waals surface area contributed by atoms with Crippen molar-refractivity contribution in [3.8, 4) is 0 Å². The molecule has 1 fully saturated rings. The lowest BCUT2D eigenvalue weighted by molar-refractivity contribution is -0.143. The van der Waals surface area contributed by atoms with Crippen molar-refractivity contribution in [3.63, 3.8) is 0 Å². The normalized spacial score (nSPS) is 21.8. The minimum absolute atomic E-state index is 0.0156. The number of nitrogens with zero attached hydrogens (tertiary/aromatic N) is 3. The Kier molecular flexibility index (Phi) is 4.25. The standard InChI is InChI=1S/C16H21N3O3S/c1-9-5-18(6-10(2)22-9)13(20)7-19-8-17-15-14(16(19)21)11(3)12(4)23-15/h8-10H,5-7H2,1-4H3/t9-,10+. The Morgan fingerprint density at radius 1 is 1.35 bits per heavy atom. The highest BCUT2D eigenvalue weighted by Crippen LogP contribution is 2.25. The molecule has 3 rings (SSSR count). The van der Waals surface area contributed by atoms with Crippen molar-refractivity contribution >= 4 is 27.5 Å². The van der Waals surface area contributed by atoms with Gasteiger partial charge < -0.3 is 9.64 Å². The Bertz CT molecular complexity index is 801. The maximum Gasteiger partial charge on any atom is 0.262 e. The highest BCUT2D eigenvalue weighted by atomic mass is 32.1. The van der Waals surface area contributed by atoms with Crippen molar-refractivity contribution in [2.45, 2.75) is 46.4 Å². The summed E-state index contributed by atoms with van der Waals surface area (Å²) in [7, 11) is 0. The molecule has 0 N–H and O–H groups in total. The molecule has 23 heavy (non-hydrogen) atoms. The number of aryl methyl sites for hydroxylation is 2. The molecule has 0 spiro atoms. The molecule has 1 saturated heterocycles. The molecule has 7 heteroatoms. The van der Waals surface area contributed by atoms with E-state index >= 15 is 0 Å². The molecule has 6 nitrogen and oxygen atoms in total. The van der Waals surface area contributed by atoms with Crippen molar-refractivity contribution < 1.29 is 9.53 Å². The fourth-order valence-corrected chi connectivity index (χ4v) is 4.00. The number of hydrogen-bond donors (Lipinski definition) is 0. The van der Waals surface area contributed by atoms with Crippen LogP contribution in [0.1, 0.15) is 24.3 Å². The van der Waals surface area contributed by atoms with Gasteiger partial charge >= 0.3 is 0 Å². The summed E-state index contributed by atoms with van der Waals surface area (Å²) in [6.07, 6.45) is 1.51. The molecule has 1 aliphatic rings. The van der Waals surface area contributed by atoms with Crippen LogP contribution in [0.4, 0.5) is 0 Å². The third-order valence-electron chi connectivity index (χ3n) is 4.23. The summed E-state index contributed by atoms with van der Waals surface area (Å²) in [4.78, 5) is 33.1. The molecule has 2 aromatic rings. The first kappa shape index (κ1) is 16.1. The van der Waals surface area contributed by atoms with E-state index in [4.69, 9.17) is 4.74 Å². The number of carbonyl (C=O) groups is 1. The third-order valence-corrected chi connectivity index (χ3v) is 5.35. The van der Waals surface area contributed by atoms with E-state index in [1.165, 1.54) is 22.2 Å². The summed E-state index contributed by atoms with van der Waals surface area (Å²) in [6, 6.07) is 0. The van der Waals surface area contributed by atoms with E-state index in [0.29, 0.717) is 18.5 Å². The summed E-state index contributed by atoms with van der Waals surface area (Å²) in [5.41, 5.74) is 0.817. The van der Waals surface area contributed by atoms with Gasteiger partial charge in [0, 0.05) is 18.0 Å². The van der Waals surface area contributed by atoms with Crippen molar-refractivity contribution in [1.29, 1.82) is 0 Å². The lowest BCUT2D eigenvalue weighted by atomic mass is 10.2. The number of fused-ring (bicyclic) bond motifs is 1. The number of aromatic nitrogens is 2. The second-order valence-electron chi connectivity index (χ2n) is 6.20. The Morgan fingerprint density at radius 2 is 2.00 bits per heavy atom. The Balaban J connectivity index is 1.87. The van der Waals surface area contributed by atoms with Gasteiger partial charge in [0.05, 0.1) is 23.9 Å². The third kappa shape index (κ3) is 3.03. The van der Waals surface area contributed by atoms with E-state index in [1.54, 1.807) is 4.90 Å². The highest BCUT2D eigenvalue weighted by Gasteiger charge is 2.26. The van der Waals surface area contributed by atoms with E-state index in [2.05, 4.69) is 4.98 Å². The van der Waals surface area contributed by atoms with Crippen LogP contribution in [0.5, 0.6) is 0 Å². The van der Waals surface area contributed by atoms with Gasteiger partial charge in [0.25, 0.3) is 5.56 Å². The number of amides is 1. The van der Waals surface area contributed by atoms with Crippen LogP contribution in [-0.2, 0) is 16.1 Å². The van der Waals surface area contributed by atoms with Crippen molar-refractivity contribution in [3.05, 3.63) is 27.1 Å². The van der Waals surface area contributed by atoms with Crippen LogP contribution < -0.4 is 5.56 Å². The van der Waals surface area contributed by atoms with E-state index < -0.39 is 0 Å². The molecule has 1 amide bonds. The van der Waals surface area contributed by atoms with E-state index in [1.807, 2.05) is 27.7 Å². The average molecular weight is 335 g/mol. The van der Waals surface area contributed by atoms with Gasteiger partial charge in [-0.1, -0.05) is 0 Å². The number of hydrogen-bond acceptors (Lipinski definition) is 5. The summed E-state index contributed by atoms with van der Waals surface area (Å²) >= 11 is 1.51. The molecular formula is C16H21N3O3S. The Labute approximate surface area is 138 Å². The predicted molar refractivity (Wildman–Crippen MR) is 89.9 cm³/mol. The van der Waals surface area contributed by atoms with Gasteiger partial charge in [-0.15, -0.1) is 11.3 Å². The molecule has 0 unspecified atom stereocenters. The van der Waals surface area contributed by atoms with Gasteiger partial charge in [0.1, 0.15) is 11.4 Å². The summed E-state index contributed by atoms with van der Waals surface area (Å²) in [5.74, 6) is -0.0696. The molecule has 2 aromatic heterocycles. The van der Waals surface area contributed by atoms with E-state index in [0.717, 1.165) is 15.3 Å². The molecule has 124 valence electrons. The molecule has 0 saturated carbocycles. The SMILES string of the molecule is Cc1sc2ncn(CC(=O)N3C[C@@H](C)O[C@@H](C)C3)c(=O)c2c1C. The van der Waals surface area contributed by atoms with E-state index in [9.17, 15) is 9.59 Å². The zero-order chi connectivity index (χ0) is 16.7. The topological polar surface area (TPSA) is 64.4 Å². The Morgan fingerprint density at radius 3 is 2.65 bits per heavy atom. The second-order valence-corrected chi connectivity index (χ2v) is 7.40. The molecule has 2 atom stereocenters. The maximum atomic E-state index is 12.6. The van der Waals surface area contributed by atoms with E-state index in [-0.39, 0.29) is 30.2 Å². The largest absolute Gasteiger partial charge is 0.372 e. The monoisotopic (exact) mass is 335 g/mol. The molecule has 1 aliphatic heterocycles. The van der Waals surface area contributed by atoms with Crippen molar-refractivity contribution in [2.75, 3.05) is 13.1 Å². The zero-order valence-electron chi connectivity index (χ0n) is 13.8. The summed E-state index contributed by atoms with van der Waals surface area (Å²) < 4.78 is 7.05. The molecule has 0 aromatic carbocycles. The smallest absolute Gasteiger partial charge is 0.262 e. The van der Waals surface area contributed by atoms with Crippen LogP contribution in [-0.4, -0.2) is 45.7 Å². The first-order chi connectivity index (χ1) is 10.9. The average Bonchev–Trinajstić information content (AvgIpc) is 2.77. The van der Waals surface area contributed by atoms with Gasteiger partial charge in [-0.05, 0) is 33.3 Å². The summed E-state index contributed by atoms with van der Waals surface area (Å²) in [6.45, 7) is 8.95. The number of ether oxygens (including phenoxy) is 1. The van der Waals surface area contributed by atoms with Crippen LogP contribution in [0.2, 0.25) is 0 Å². The Hall–Kier alpha value is -1.73. The first-order valence-corrected chi connectivity index (χ1v) is 8.57. The molecule has 3 heterocycles. The number of carbonyl (C=O) groups excluding carboxylic acids is 1. The molecule has 0 aliphatic carbocycles. The van der Waals surface area contributed by atoms with Gasteiger partial charge in [-0.2, -0.15) is 0 Å². The number of morpholine rings is 1. The van der Waals surface area contributed by atoms with Crippen molar-refractivity contribution in [2.24, 2.45) is 0 Å². The van der Waals surface area contributed by atoms with Crippen LogP contribution >= 0.6 is 11.3 Å². The van der Waals surface area contributed by atoms with Crippen LogP contribution in [0.25, 0.3) is 10.2 Å². The lowest BCUT2D eigenvalue weighted by Crippen LogP contribution is -2.49. The van der Waals surface area contributed by atoms with Gasteiger partial charge in [0.2, 0.25) is 5.91 Å². The molecule has 0 bridgehead atoms. The highest BCUT2D eigenvalue weighted by molar-refractivity contribution is 7.18. The van der Waals surface area contributed by atoms with Crippen LogP contribution in [0.3, 0.4) is 0 Å². The minimum atomic E-state index is -0.139.